The second-order valence-corrected chi connectivity index (χ2v) is 10.9. The van der Waals surface area contributed by atoms with E-state index in [0.717, 1.165) is 11.6 Å². The van der Waals surface area contributed by atoms with E-state index in [1.807, 2.05) is 0 Å². The minimum atomic E-state index is -1.12. The maximum absolute atomic E-state index is 14.9. The number of aromatic nitrogens is 6. The fourth-order valence-electron chi connectivity index (χ4n) is 5.18. The maximum atomic E-state index is 14.9. The first kappa shape index (κ1) is 28.1. The van der Waals surface area contributed by atoms with Gasteiger partial charge in [0.25, 0.3) is 0 Å². The molecule has 5 aromatic rings. The van der Waals surface area contributed by atoms with E-state index in [-0.39, 0.29) is 43.5 Å². The first-order valence-corrected chi connectivity index (χ1v) is 13.8. The Morgan fingerprint density at radius 3 is 2.60 bits per heavy atom. The highest BCUT2D eigenvalue weighted by atomic mass is 35.5. The van der Waals surface area contributed by atoms with Crippen LogP contribution in [0.5, 0.6) is 5.75 Å². The van der Waals surface area contributed by atoms with Crippen LogP contribution in [0.15, 0.2) is 84.4 Å². The summed E-state index contributed by atoms with van der Waals surface area (Å²) in [5.41, 5.74) is 0.179. The molecule has 9 nitrogen and oxygen atoms in total. The van der Waals surface area contributed by atoms with E-state index in [1.165, 1.54) is 40.4 Å². The van der Waals surface area contributed by atoms with E-state index in [1.54, 1.807) is 47.1 Å². The van der Waals surface area contributed by atoms with Crippen molar-refractivity contribution >= 4 is 23.2 Å². The quantitative estimate of drug-likeness (QED) is 0.221. The van der Waals surface area contributed by atoms with E-state index in [2.05, 4.69) is 15.2 Å². The lowest BCUT2D eigenvalue weighted by Gasteiger charge is -2.29. The average Bonchev–Trinajstić information content (AvgIpc) is 3.71. The number of halogens is 4. The minimum Gasteiger partial charge on any atom is -0.489 e. The predicted octanol–water partition coefficient (Wildman–Crippen LogP) is 5.42. The Hall–Kier alpha value is -4.06. The zero-order valence-corrected chi connectivity index (χ0v) is 23.6. The van der Waals surface area contributed by atoms with Crippen LogP contribution in [0.2, 0.25) is 10.0 Å². The maximum Gasteiger partial charge on any atom is 0.350 e. The Bertz CT molecular complexity index is 1760. The molecule has 2 aromatic heterocycles. The lowest BCUT2D eigenvalue weighted by atomic mass is 9.86. The Morgan fingerprint density at radius 1 is 1.02 bits per heavy atom. The van der Waals surface area contributed by atoms with Crippen molar-refractivity contribution < 1.29 is 18.3 Å². The first-order chi connectivity index (χ1) is 20.3. The molecule has 0 unspecified atom stereocenters. The number of hydrogen-bond acceptors (Lipinski definition) is 6. The molecule has 1 aliphatic rings. The van der Waals surface area contributed by atoms with E-state index >= 15 is 0 Å². The zero-order chi connectivity index (χ0) is 29.3. The lowest BCUT2D eigenvalue weighted by Crippen LogP contribution is -2.33. The van der Waals surface area contributed by atoms with Gasteiger partial charge in [-0.15, -0.1) is 0 Å². The zero-order valence-electron chi connectivity index (χ0n) is 22.0. The van der Waals surface area contributed by atoms with E-state index in [0.29, 0.717) is 27.9 Å². The molecule has 3 heterocycles. The number of ether oxygens (including phenoxy) is 2. The summed E-state index contributed by atoms with van der Waals surface area (Å²) in [6.07, 6.45) is 4.69. The van der Waals surface area contributed by atoms with Crippen molar-refractivity contribution in [1.29, 1.82) is 0 Å². The second-order valence-electron chi connectivity index (χ2n) is 10.1. The van der Waals surface area contributed by atoms with Gasteiger partial charge in [0.2, 0.25) is 0 Å². The van der Waals surface area contributed by atoms with Crippen molar-refractivity contribution in [1.82, 2.24) is 29.1 Å². The third-order valence-corrected chi connectivity index (χ3v) is 7.80. The molecule has 1 aliphatic heterocycles. The van der Waals surface area contributed by atoms with Gasteiger partial charge in [-0.25, -0.2) is 32.5 Å². The van der Waals surface area contributed by atoms with Gasteiger partial charge >= 0.3 is 5.69 Å². The summed E-state index contributed by atoms with van der Waals surface area (Å²) >= 11 is 12.2. The van der Waals surface area contributed by atoms with Gasteiger partial charge in [0.15, 0.2) is 0 Å². The molecule has 0 spiro atoms. The van der Waals surface area contributed by atoms with Gasteiger partial charge in [-0.1, -0.05) is 35.3 Å². The van der Waals surface area contributed by atoms with Crippen LogP contribution in [0.3, 0.4) is 0 Å². The van der Waals surface area contributed by atoms with E-state index in [4.69, 9.17) is 32.7 Å². The summed E-state index contributed by atoms with van der Waals surface area (Å²) in [7, 11) is 0. The van der Waals surface area contributed by atoms with Crippen LogP contribution in [-0.2, 0) is 30.0 Å². The summed E-state index contributed by atoms with van der Waals surface area (Å²) in [5, 5.41) is 9.50. The van der Waals surface area contributed by atoms with Gasteiger partial charge in [0, 0.05) is 33.2 Å². The summed E-state index contributed by atoms with van der Waals surface area (Å²) in [6.45, 7) is 0.927. The predicted molar refractivity (Wildman–Crippen MR) is 151 cm³/mol. The summed E-state index contributed by atoms with van der Waals surface area (Å²) in [4.78, 5) is 17.2. The Kier molecular flexibility index (Phi) is 7.80. The molecule has 2 atom stereocenters. The highest BCUT2D eigenvalue weighted by Gasteiger charge is 2.44. The molecule has 42 heavy (non-hydrogen) atoms. The molecule has 3 aromatic carbocycles. The van der Waals surface area contributed by atoms with Gasteiger partial charge in [0.1, 0.15) is 48.6 Å². The van der Waals surface area contributed by atoms with Gasteiger partial charge < -0.3 is 9.47 Å². The van der Waals surface area contributed by atoms with E-state index < -0.39 is 17.2 Å². The molecule has 1 saturated heterocycles. The second kappa shape index (κ2) is 11.7. The van der Waals surface area contributed by atoms with Crippen LogP contribution in [0.25, 0.3) is 5.69 Å². The molecular formula is C29H24Cl2F2N6O3. The van der Waals surface area contributed by atoms with Crippen LogP contribution in [0.4, 0.5) is 8.78 Å². The van der Waals surface area contributed by atoms with Gasteiger partial charge in [0.05, 0.1) is 25.4 Å². The minimum absolute atomic E-state index is 0.172. The molecule has 0 bridgehead atoms. The number of nitrogens with zero attached hydrogens (tertiary/aromatic N) is 6. The molecule has 13 heteroatoms. The third kappa shape index (κ3) is 5.80. The fourth-order valence-corrected chi connectivity index (χ4v) is 5.65. The molecule has 6 rings (SSSR count). The Balaban J connectivity index is 1.15. The molecular weight excluding hydrogens is 589 g/mol. The smallest absolute Gasteiger partial charge is 0.350 e. The standard InChI is InChI=1S/C29H24Cl2F2N6O3/c30-21-2-1-20(26(31)9-21)14-41-24-6-4-23(5-7-24)38-18-36-39(28(38)40)12-19-11-29(42-13-19,15-37-17-34-16-35-37)25-8-3-22(32)10-27(25)33/h1-10,16-19H,11-15H2/t19-,29-/m0/s1. The molecule has 0 amide bonds. The summed E-state index contributed by atoms with van der Waals surface area (Å²) in [5.74, 6) is -0.954. The van der Waals surface area contributed by atoms with Crippen LogP contribution in [-0.4, -0.2) is 35.7 Å². The van der Waals surface area contributed by atoms with Crippen molar-refractivity contribution in [2.45, 2.75) is 31.7 Å². The fraction of sp³-hybridized carbons (Fsp3) is 0.241. The van der Waals surface area contributed by atoms with Crippen molar-refractivity contribution in [3.8, 4) is 11.4 Å². The van der Waals surface area contributed by atoms with Crippen LogP contribution >= 0.6 is 23.2 Å². The highest BCUT2D eigenvalue weighted by molar-refractivity contribution is 6.35. The van der Waals surface area contributed by atoms with Gasteiger partial charge in [-0.3, -0.25) is 0 Å². The SMILES string of the molecule is O=c1n(-c2ccc(OCc3ccc(Cl)cc3Cl)cc2)cnn1C[C@H]1CO[C@@](Cn2cncn2)(c2ccc(F)cc2F)C1. The summed E-state index contributed by atoms with van der Waals surface area (Å²) < 4.78 is 44.9. The van der Waals surface area contributed by atoms with Crippen molar-refractivity contribution in [2.75, 3.05) is 6.61 Å². The molecule has 1 fully saturated rings. The van der Waals surface area contributed by atoms with Crippen LogP contribution < -0.4 is 10.4 Å². The molecule has 216 valence electrons. The Labute approximate surface area is 248 Å². The molecule has 0 saturated carbocycles. The normalized spacial score (nSPS) is 18.4. The topological polar surface area (TPSA) is 89.0 Å². The summed E-state index contributed by atoms with van der Waals surface area (Å²) in [6, 6.07) is 15.7. The average molecular weight is 613 g/mol. The lowest BCUT2D eigenvalue weighted by molar-refractivity contribution is -0.0205. The number of hydrogen-bond donors (Lipinski definition) is 0. The van der Waals surface area contributed by atoms with Crippen molar-refractivity contribution in [3.05, 3.63) is 123 Å². The highest BCUT2D eigenvalue weighted by Crippen LogP contribution is 2.42. The number of rotatable bonds is 9. The van der Waals surface area contributed by atoms with Gasteiger partial charge in [-0.05, 0) is 48.9 Å². The molecule has 0 N–H and O–H groups in total. The largest absolute Gasteiger partial charge is 0.489 e. The molecule has 0 aliphatic carbocycles. The Morgan fingerprint density at radius 2 is 1.86 bits per heavy atom. The van der Waals surface area contributed by atoms with Crippen molar-refractivity contribution in [3.63, 3.8) is 0 Å². The van der Waals surface area contributed by atoms with Crippen LogP contribution in [0.1, 0.15) is 17.5 Å². The van der Waals surface area contributed by atoms with Crippen molar-refractivity contribution in [2.24, 2.45) is 5.92 Å². The monoisotopic (exact) mass is 612 g/mol. The third-order valence-electron chi connectivity index (χ3n) is 7.21. The number of benzene rings is 3. The van der Waals surface area contributed by atoms with Gasteiger partial charge in [-0.2, -0.15) is 10.2 Å². The van der Waals surface area contributed by atoms with E-state index in [9.17, 15) is 13.6 Å². The molecule has 0 radical (unpaired) electrons. The first-order valence-electron chi connectivity index (χ1n) is 13.0. The van der Waals surface area contributed by atoms with Crippen LogP contribution in [0, 0.1) is 17.6 Å².